The molecule has 0 saturated carbocycles. The molecule has 0 N–H and O–H groups in total. The van der Waals surface area contributed by atoms with Crippen molar-refractivity contribution < 1.29 is 8.83 Å². The number of oxazole rings is 1. The van der Waals surface area contributed by atoms with Crippen molar-refractivity contribution >= 4 is 71.9 Å². The van der Waals surface area contributed by atoms with Gasteiger partial charge in [0, 0.05) is 39.0 Å². The summed E-state index contributed by atoms with van der Waals surface area (Å²) >= 11 is 0. The van der Waals surface area contributed by atoms with E-state index in [0.717, 1.165) is 88.7 Å². The lowest BCUT2D eigenvalue weighted by molar-refractivity contribution is 0.620. The van der Waals surface area contributed by atoms with E-state index in [1.54, 1.807) is 0 Å². The largest absolute Gasteiger partial charge is 0.456 e. The third-order valence-electron chi connectivity index (χ3n) is 10.4. The van der Waals surface area contributed by atoms with Crippen molar-refractivity contribution in [2.24, 2.45) is 0 Å². The number of fused-ring (bicyclic) bond motifs is 8. The summed E-state index contributed by atoms with van der Waals surface area (Å²) in [7, 11) is 0. The Hall–Kier alpha value is -7.37. The number of anilines is 3. The highest BCUT2D eigenvalue weighted by atomic mass is 16.4. The first kappa shape index (κ1) is 30.3. The third-order valence-corrected chi connectivity index (χ3v) is 10.4. The van der Waals surface area contributed by atoms with Crippen molar-refractivity contribution in [1.29, 1.82) is 0 Å². The van der Waals surface area contributed by atoms with Crippen molar-refractivity contribution in [1.82, 2.24) is 9.55 Å². The molecule has 0 amide bonds. The van der Waals surface area contributed by atoms with Gasteiger partial charge >= 0.3 is 0 Å². The Balaban J connectivity index is 1.30. The molecule has 11 rings (SSSR count). The summed E-state index contributed by atoms with van der Waals surface area (Å²) in [5.74, 6) is 0.555. The van der Waals surface area contributed by atoms with Crippen LogP contribution < -0.4 is 4.90 Å². The van der Waals surface area contributed by atoms with Crippen LogP contribution in [0.5, 0.6) is 0 Å². The number of aromatic nitrogens is 2. The molecular formula is C49H31N3O2. The van der Waals surface area contributed by atoms with Crippen LogP contribution in [0.15, 0.2) is 197 Å². The summed E-state index contributed by atoms with van der Waals surface area (Å²) in [6.07, 6.45) is 0. The van der Waals surface area contributed by atoms with Crippen molar-refractivity contribution in [3.8, 4) is 28.3 Å². The molecule has 8 aromatic carbocycles. The van der Waals surface area contributed by atoms with Gasteiger partial charge in [-0.2, -0.15) is 0 Å². The lowest BCUT2D eigenvalue weighted by Gasteiger charge is -2.28. The molecule has 5 heteroatoms. The molecule has 254 valence electrons. The minimum absolute atomic E-state index is 0.555. The first-order valence-electron chi connectivity index (χ1n) is 18.1. The highest BCUT2D eigenvalue weighted by Crippen LogP contribution is 2.50. The minimum Gasteiger partial charge on any atom is -0.456 e. The zero-order chi connectivity index (χ0) is 35.6. The van der Waals surface area contributed by atoms with Crippen molar-refractivity contribution in [3.05, 3.63) is 188 Å². The van der Waals surface area contributed by atoms with E-state index in [4.69, 9.17) is 13.8 Å². The highest BCUT2D eigenvalue weighted by Gasteiger charge is 2.28. The summed E-state index contributed by atoms with van der Waals surface area (Å²) in [6.45, 7) is 0. The van der Waals surface area contributed by atoms with E-state index >= 15 is 0 Å². The molecule has 11 aromatic rings. The monoisotopic (exact) mass is 693 g/mol. The van der Waals surface area contributed by atoms with Gasteiger partial charge in [-0.3, -0.25) is 0 Å². The maximum absolute atomic E-state index is 6.96. The normalized spacial score (nSPS) is 11.7. The number of benzene rings is 8. The van der Waals surface area contributed by atoms with Crippen molar-refractivity contribution in [2.45, 2.75) is 0 Å². The van der Waals surface area contributed by atoms with Gasteiger partial charge in [0.25, 0.3) is 0 Å². The Morgan fingerprint density at radius 1 is 0.444 bits per heavy atom. The molecule has 0 unspecified atom stereocenters. The Morgan fingerprint density at radius 2 is 1.07 bits per heavy atom. The second kappa shape index (κ2) is 12.1. The molecule has 5 nitrogen and oxygen atoms in total. The molecule has 0 saturated heterocycles. The van der Waals surface area contributed by atoms with Crippen molar-refractivity contribution in [3.63, 3.8) is 0 Å². The van der Waals surface area contributed by atoms with E-state index in [1.807, 2.05) is 48.5 Å². The van der Waals surface area contributed by atoms with Gasteiger partial charge in [-0.05, 0) is 60.2 Å². The fourth-order valence-corrected chi connectivity index (χ4v) is 8.10. The summed E-state index contributed by atoms with van der Waals surface area (Å²) in [6, 6.07) is 65.4. The number of hydrogen-bond donors (Lipinski definition) is 0. The van der Waals surface area contributed by atoms with Crippen LogP contribution in [0.4, 0.5) is 17.1 Å². The Labute approximate surface area is 310 Å². The molecule has 3 aromatic heterocycles. The van der Waals surface area contributed by atoms with Crippen LogP contribution >= 0.6 is 0 Å². The summed E-state index contributed by atoms with van der Waals surface area (Å²) in [5, 5.41) is 4.21. The zero-order valence-corrected chi connectivity index (χ0v) is 29.1. The molecule has 3 heterocycles. The number of furan rings is 1. The molecule has 0 aliphatic carbocycles. The fraction of sp³-hybridized carbons (Fsp3) is 0. The average molecular weight is 694 g/mol. The minimum atomic E-state index is 0.555. The Bertz CT molecular complexity index is 3160. The van der Waals surface area contributed by atoms with Gasteiger partial charge in [0.15, 0.2) is 5.58 Å². The lowest BCUT2D eigenvalue weighted by Crippen LogP contribution is -2.12. The predicted octanol–water partition coefficient (Wildman–Crippen LogP) is 13.6. The molecule has 0 aliphatic heterocycles. The van der Waals surface area contributed by atoms with Gasteiger partial charge in [0.1, 0.15) is 16.7 Å². The lowest BCUT2D eigenvalue weighted by atomic mass is 10.0. The van der Waals surface area contributed by atoms with E-state index in [2.05, 4.69) is 149 Å². The van der Waals surface area contributed by atoms with E-state index < -0.39 is 0 Å². The molecule has 0 aliphatic rings. The quantitative estimate of drug-likeness (QED) is 0.174. The van der Waals surface area contributed by atoms with Crippen LogP contribution in [-0.4, -0.2) is 9.55 Å². The number of para-hydroxylation sites is 4. The van der Waals surface area contributed by atoms with Gasteiger partial charge in [-0.15, -0.1) is 0 Å². The molecular weight excluding hydrogens is 663 g/mol. The number of hydrogen-bond acceptors (Lipinski definition) is 4. The number of nitrogens with zero attached hydrogens (tertiary/aromatic N) is 3. The van der Waals surface area contributed by atoms with Crippen LogP contribution in [0.25, 0.3) is 83.1 Å². The second-order valence-electron chi connectivity index (χ2n) is 13.5. The number of rotatable bonds is 6. The van der Waals surface area contributed by atoms with Crippen LogP contribution in [0, 0.1) is 0 Å². The van der Waals surface area contributed by atoms with Gasteiger partial charge in [-0.1, -0.05) is 127 Å². The van der Waals surface area contributed by atoms with Crippen LogP contribution in [0.3, 0.4) is 0 Å². The van der Waals surface area contributed by atoms with Crippen LogP contribution in [0.2, 0.25) is 0 Å². The van der Waals surface area contributed by atoms with E-state index in [9.17, 15) is 0 Å². The second-order valence-corrected chi connectivity index (χ2v) is 13.5. The summed E-state index contributed by atoms with van der Waals surface area (Å²) in [4.78, 5) is 7.59. The Kier molecular flexibility index (Phi) is 6.79. The van der Waals surface area contributed by atoms with Gasteiger partial charge in [-0.25, -0.2) is 4.98 Å². The average Bonchev–Trinajstić information content (AvgIpc) is 3.95. The third kappa shape index (κ3) is 4.62. The summed E-state index contributed by atoms with van der Waals surface area (Å²) in [5.41, 5.74) is 12.3. The van der Waals surface area contributed by atoms with Crippen LogP contribution in [-0.2, 0) is 0 Å². The topological polar surface area (TPSA) is 47.3 Å². The van der Waals surface area contributed by atoms with Gasteiger partial charge < -0.3 is 18.3 Å². The van der Waals surface area contributed by atoms with E-state index in [-0.39, 0.29) is 0 Å². The zero-order valence-electron chi connectivity index (χ0n) is 29.1. The smallest absolute Gasteiger partial charge is 0.227 e. The predicted molar refractivity (Wildman–Crippen MR) is 221 cm³/mol. The summed E-state index contributed by atoms with van der Waals surface area (Å²) < 4.78 is 16.0. The maximum atomic E-state index is 6.96. The van der Waals surface area contributed by atoms with Crippen LogP contribution in [0.1, 0.15) is 0 Å². The van der Waals surface area contributed by atoms with E-state index in [0.29, 0.717) is 11.5 Å². The fourth-order valence-electron chi connectivity index (χ4n) is 8.10. The molecule has 54 heavy (non-hydrogen) atoms. The Morgan fingerprint density at radius 3 is 1.89 bits per heavy atom. The van der Waals surface area contributed by atoms with E-state index in [1.165, 1.54) is 0 Å². The molecule has 0 spiro atoms. The van der Waals surface area contributed by atoms with Gasteiger partial charge in [0.2, 0.25) is 5.89 Å². The highest BCUT2D eigenvalue weighted by molar-refractivity contribution is 6.22. The molecule has 0 atom stereocenters. The SMILES string of the molecule is c1ccc(-c2nc3c(o2)c(N(c2ccccc2-c2ccccc2)c2cccc4c2c2ccccc2n4-c2ccccc2)cc2oc4ccccc4c23)cc1. The standard InChI is InChI=1S/C49H31N3O2/c1-4-17-32(18-5-1)35-23-10-13-26-38(35)52(41-29-16-28-40-45(41)36-24-11-14-27-39(36)51(40)34-21-8-3-9-22-34)42-31-44-46(37-25-12-15-30-43(37)53-44)47-48(42)54-49(50-47)33-19-6-2-7-20-33/h1-31H. The molecule has 0 fully saturated rings. The maximum Gasteiger partial charge on any atom is 0.227 e. The molecule has 0 radical (unpaired) electrons. The van der Waals surface area contributed by atoms with Crippen molar-refractivity contribution in [2.75, 3.05) is 4.90 Å². The molecule has 0 bridgehead atoms. The van der Waals surface area contributed by atoms with Gasteiger partial charge in [0.05, 0.1) is 33.5 Å². The first-order valence-corrected chi connectivity index (χ1v) is 18.1. The first-order chi connectivity index (χ1) is 26.8.